The molecule has 9 heteroatoms. The van der Waals surface area contributed by atoms with Crippen molar-refractivity contribution in [3.05, 3.63) is 29.6 Å². The van der Waals surface area contributed by atoms with E-state index in [0.717, 1.165) is 11.3 Å². The van der Waals surface area contributed by atoms with Crippen LogP contribution in [0.25, 0.3) is 0 Å². The lowest BCUT2D eigenvalue weighted by Gasteiger charge is -2.24. The van der Waals surface area contributed by atoms with Crippen LogP contribution < -0.4 is 0 Å². The minimum atomic E-state index is -5.06. The van der Waals surface area contributed by atoms with Gasteiger partial charge in [-0.2, -0.15) is 13.2 Å². The number of carbonyl (C=O) groups excluding carboxylic acids is 2. The lowest BCUT2D eigenvalue weighted by Crippen LogP contribution is -2.45. The second-order valence-corrected chi connectivity index (χ2v) is 6.59. The third-order valence-electron chi connectivity index (χ3n) is 4.03. The number of amides is 2. The SMILES string of the molecule is CC1CC1N=Cc1ccnc(CN(CC(=O)N(C)C)C(=O)C(F)(F)F)c1. The van der Waals surface area contributed by atoms with E-state index < -0.39 is 31.1 Å². The molecule has 1 fully saturated rings. The van der Waals surface area contributed by atoms with Gasteiger partial charge >= 0.3 is 12.1 Å². The molecule has 2 amide bonds. The maximum absolute atomic E-state index is 12.8. The zero-order chi connectivity index (χ0) is 19.5. The molecule has 0 aliphatic heterocycles. The summed E-state index contributed by atoms with van der Waals surface area (Å²) in [5.41, 5.74) is 0.939. The number of nitrogens with zero attached hydrogens (tertiary/aromatic N) is 4. The van der Waals surface area contributed by atoms with Gasteiger partial charge in [-0.1, -0.05) is 6.92 Å². The van der Waals surface area contributed by atoms with Crippen molar-refractivity contribution in [2.24, 2.45) is 10.9 Å². The number of aliphatic imine (C=N–C) groups is 1. The molecule has 26 heavy (non-hydrogen) atoms. The molecule has 2 atom stereocenters. The van der Waals surface area contributed by atoms with E-state index in [9.17, 15) is 22.8 Å². The van der Waals surface area contributed by atoms with Gasteiger partial charge in [-0.25, -0.2) is 0 Å². The van der Waals surface area contributed by atoms with Gasteiger partial charge in [0.25, 0.3) is 0 Å². The van der Waals surface area contributed by atoms with E-state index in [-0.39, 0.29) is 11.7 Å². The van der Waals surface area contributed by atoms with Crippen LogP contribution in [0.4, 0.5) is 13.2 Å². The molecule has 2 unspecified atom stereocenters. The summed E-state index contributed by atoms with van der Waals surface area (Å²) < 4.78 is 38.5. The predicted molar refractivity (Wildman–Crippen MR) is 89.6 cm³/mol. The van der Waals surface area contributed by atoms with E-state index in [1.54, 1.807) is 18.3 Å². The number of hydrogen-bond donors (Lipinski definition) is 0. The van der Waals surface area contributed by atoms with E-state index in [2.05, 4.69) is 16.9 Å². The van der Waals surface area contributed by atoms with Gasteiger partial charge in [0, 0.05) is 26.5 Å². The minimum absolute atomic E-state index is 0.252. The lowest BCUT2D eigenvalue weighted by atomic mass is 10.2. The van der Waals surface area contributed by atoms with Crippen LogP contribution in [0.5, 0.6) is 0 Å². The smallest absolute Gasteiger partial charge is 0.347 e. The summed E-state index contributed by atoms with van der Waals surface area (Å²) in [5, 5.41) is 0. The standard InChI is InChI=1S/C17H21F3N4O2/c1-11-6-14(11)22-8-12-4-5-21-13(7-12)9-24(10-15(25)23(2)3)16(26)17(18,19)20/h4-5,7-8,11,14H,6,9-10H2,1-3H3. The molecule has 6 nitrogen and oxygen atoms in total. The summed E-state index contributed by atoms with van der Waals surface area (Å²) in [4.78, 5) is 33.4. The zero-order valence-corrected chi connectivity index (χ0v) is 14.8. The topological polar surface area (TPSA) is 65.9 Å². The third-order valence-corrected chi connectivity index (χ3v) is 4.03. The quantitative estimate of drug-likeness (QED) is 0.719. The molecular formula is C17H21F3N4O2. The molecule has 1 aromatic rings. The van der Waals surface area contributed by atoms with Crippen molar-refractivity contribution in [1.29, 1.82) is 0 Å². The first-order valence-electron chi connectivity index (χ1n) is 8.12. The van der Waals surface area contributed by atoms with Gasteiger partial charge in [0.1, 0.15) is 6.54 Å². The molecule has 0 radical (unpaired) electrons. The molecule has 142 valence electrons. The maximum Gasteiger partial charge on any atom is 0.471 e. The Kier molecular flexibility index (Phi) is 5.99. The number of pyridine rings is 1. The number of aromatic nitrogens is 1. The molecule has 1 aliphatic carbocycles. The third kappa shape index (κ3) is 5.53. The Labute approximate surface area is 149 Å². The fourth-order valence-corrected chi connectivity index (χ4v) is 2.23. The Morgan fingerprint density at radius 3 is 2.58 bits per heavy atom. The van der Waals surface area contributed by atoms with Crippen LogP contribution in [0.2, 0.25) is 0 Å². The van der Waals surface area contributed by atoms with Crippen LogP contribution >= 0.6 is 0 Å². The molecular weight excluding hydrogens is 349 g/mol. The molecule has 0 bridgehead atoms. The number of hydrogen-bond acceptors (Lipinski definition) is 4. The highest BCUT2D eigenvalue weighted by molar-refractivity contribution is 5.87. The Bertz CT molecular complexity index is 703. The first kappa shape index (κ1) is 19.9. The molecule has 0 aromatic carbocycles. The normalized spacial score (nSPS) is 19.5. The van der Waals surface area contributed by atoms with E-state index in [1.165, 1.54) is 20.3 Å². The molecule has 0 saturated heterocycles. The summed E-state index contributed by atoms with van der Waals surface area (Å²) in [6.07, 6.45) is -0.944. The van der Waals surface area contributed by atoms with E-state index in [1.807, 2.05) is 0 Å². The van der Waals surface area contributed by atoms with Crippen LogP contribution in [0.1, 0.15) is 24.6 Å². The fraction of sp³-hybridized carbons (Fsp3) is 0.529. The summed E-state index contributed by atoms with van der Waals surface area (Å²) >= 11 is 0. The largest absolute Gasteiger partial charge is 0.471 e. The summed E-state index contributed by atoms with van der Waals surface area (Å²) in [5.74, 6) is -2.13. The van der Waals surface area contributed by atoms with Crippen molar-refractivity contribution < 1.29 is 22.8 Å². The molecule has 1 saturated carbocycles. The average Bonchev–Trinajstić information content (AvgIpc) is 3.26. The highest BCUT2D eigenvalue weighted by Crippen LogP contribution is 2.32. The van der Waals surface area contributed by atoms with Crippen molar-refractivity contribution in [3.8, 4) is 0 Å². The number of carbonyl (C=O) groups is 2. The van der Waals surface area contributed by atoms with Crippen molar-refractivity contribution in [2.75, 3.05) is 20.6 Å². The Hall–Kier alpha value is -2.45. The molecule has 0 spiro atoms. The van der Waals surface area contributed by atoms with Crippen molar-refractivity contribution in [2.45, 2.75) is 32.1 Å². The predicted octanol–water partition coefficient (Wildman–Crippen LogP) is 1.89. The summed E-state index contributed by atoms with van der Waals surface area (Å²) in [7, 11) is 2.82. The summed E-state index contributed by atoms with van der Waals surface area (Å²) in [6.45, 7) is 0.993. The fourth-order valence-electron chi connectivity index (χ4n) is 2.23. The van der Waals surface area contributed by atoms with Crippen LogP contribution in [0.3, 0.4) is 0 Å². The second kappa shape index (κ2) is 7.84. The van der Waals surface area contributed by atoms with Crippen LogP contribution in [-0.2, 0) is 16.1 Å². The van der Waals surface area contributed by atoms with E-state index in [4.69, 9.17) is 0 Å². The first-order valence-corrected chi connectivity index (χ1v) is 8.12. The maximum atomic E-state index is 12.8. The lowest BCUT2D eigenvalue weighted by molar-refractivity contribution is -0.186. The molecule has 1 heterocycles. The van der Waals surface area contributed by atoms with Crippen molar-refractivity contribution >= 4 is 18.0 Å². The Morgan fingerprint density at radius 1 is 1.38 bits per heavy atom. The number of rotatable bonds is 6. The van der Waals surface area contributed by atoms with Gasteiger partial charge in [0.2, 0.25) is 5.91 Å². The van der Waals surface area contributed by atoms with E-state index >= 15 is 0 Å². The van der Waals surface area contributed by atoms with Gasteiger partial charge in [0.15, 0.2) is 0 Å². The highest BCUT2D eigenvalue weighted by atomic mass is 19.4. The van der Waals surface area contributed by atoms with Crippen LogP contribution in [-0.4, -0.2) is 65.7 Å². The van der Waals surface area contributed by atoms with E-state index in [0.29, 0.717) is 16.4 Å². The van der Waals surface area contributed by atoms with Crippen molar-refractivity contribution in [3.63, 3.8) is 0 Å². The molecule has 1 aliphatic rings. The average molecular weight is 370 g/mol. The Morgan fingerprint density at radius 2 is 2.04 bits per heavy atom. The van der Waals surface area contributed by atoms with Crippen LogP contribution in [0.15, 0.2) is 23.3 Å². The van der Waals surface area contributed by atoms with Gasteiger partial charge in [-0.15, -0.1) is 0 Å². The van der Waals surface area contributed by atoms with Gasteiger partial charge < -0.3 is 9.80 Å². The minimum Gasteiger partial charge on any atom is -0.347 e. The summed E-state index contributed by atoms with van der Waals surface area (Å²) in [6, 6.07) is 3.53. The number of likely N-dealkylation sites (N-methyl/N-ethyl adjacent to an activating group) is 1. The molecule has 1 aromatic heterocycles. The van der Waals surface area contributed by atoms with Gasteiger partial charge in [0.05, 0.1) is 18.3 Å². The first-order chi connectivity index (χ1) is 12.1. The Balaban J connectivity index is 2.14. The van der Waals surface area contributed by atoms with Crippen molar-refractivity contribution in [1.82, 2.24) is 14.8 Å². The zero-order valence-electron chi connectivity index (χ0n) is 14.8. The number of alkyl halides is 3. The monoisotopic (exact) mass is 370 g/mol. The van der Waals surface area contributed by atoms with Crippen LogP contribution in [0, 0.1) is 5.92 Å². The number of halogens is 3. The van der Waals surface area contributed by atoms with Gasteiger partial charge in [-0.3, -0.25) is 19.6 Å². The highest BCUT2D eigenvalue weighted by Gasteiger charge is 2.43. The van der Waals surface area contributed by atoms with Gasteiger partial charge in [-0.05, 0) is 30.0 Å². The second-order valence-electron chi connectivity index (χ2n) is 6.59. The molecule has 0 N–H and O–H groups in total. The molecule has 2 rings (SSSR count).